The number of rotatable bonds is 7. The molecular weight excluding hydrogens is 336 g/mol. The van der Waals surface area contributed by atoms with Gasteiger partial charge < -0.3 is 19.8 Å². The maximum Gasteiger partial charge on any atom is 0.328 e. The van der Waals surface area contributed by atoms with E-state index in [0.29, 0.717) is 12.1 Å². The summed E-state index contributed by atoms with van der Waals surface area (Å²) >= 11 is 0. The summed E-state index contributed by atoms with van der Waals surface area (Å²) < 4.78 is 9.83. The van der Waals surface area contributed by atoms with Gasteiger partial charge in [-0.1, -0.05) is 32.4 Å². The van der Waals surface area contributed by atoms with E-state index in [1.807, 2.05) is 13.8 Å². The molecule has 0 fully saturated rings. The fourth-order valence-electron chi connectivity index (χ4n) is 2.40. The van der Waals surface area contributed by atoms with Crippen molar-refractivity contribution >= 4 is 23.5 Å². The van der Waals surface area contributed by atoms with Crippen molar-refractivity contribution in [2.75, 3.05) is 12.4 Å². The molecule has 7 nitrogen and oxygen atoms in total. The molecule has 2 rings (SSSR count). The first-order valence-corrected chi connectivity index (χ1v) is 8.30. The highest BCUT2D eigenvalue weighted by atomic mass is 16.5. The van der Waals surface area contributed by atoms with Gasteiger partial charge in [0.1, 0.15) is 6.04 Å². The van der Waals surface area contributed by atoms with Crippen LogP contribution in [0.25, 0.3) is 0 Å². The highest BCUT2D eigenvalue weighted by molar-refractivity contribution is 6.08. The molecule has 1 aromatic heterocycles. The van der Waals surface area contributed by atoms with Crippen LogP contribution in [0.15, 0.2) is 47.1 Å². The molecule has 2 amide bonds. The van der Waals surface area contributed by atoms with E-state index in [9.17, 15) is 14.4 Å². The van der Waals surface area contributed by atoms with E-state index < -0.39 is 23.8 Å². The average Bonchev–Trinajstić information content (AvgIpc) is 3.20. The summed E-state index contributed by atoms with van der Waals surface area (Å²) in [6, 6.07) is 8.89. The molecule has 0 unspecified atom stereocenters. The van der Waals surface area contributed by atoms with Gasteiger partial charge in [0, 0.05) is 0 Å². The van der Waals surface area contributed by atoms with Crippen molar-refractivity contribution in [3.05, 3.63) is 54.0 Å². The van der Waals surface area contributed by atoms with Crippen molar-refractivity contribution < 1.29 is 23.5 Å². The van der Waals surface area contributed by atoms with E-state index >= 15 is 0 Å². The monoisotopic (exact) mass is 358 g/mol. The first-order chi connectivity index (χ1) is 12.5. The SMILES string of the molecule is CC[C@@H](C)[C@H](NC(=O)c1ccccc1NC(=O)c1ccco1)C(=O)OC. The second kappa shape index (κ2) is 8.84. The fourth-order valence-corrected chi connectivity index (χ4v) is 2.40. The number of para-hydroxylation sites is 1. The molecule has 0 aliphatic carbocycles. The summed E-state index contributed by atoms with van der Waals surface area (Å²) in [5.74, 6) is -1.42. The summed E-state index contributed by atoms with van der Waals surface area (Å²) in [6.45, 7) is 3.77. The van der Waals surface area contributed by atoms with E-state index in [0.717, 1.165) is 0 Å². The topological polar surface area (TPSA) is 97.6 Å². The van der Waals surface area contributed by atoms with Gasteiger partial charge in [0.15, 0.2) is 5.76 Å². The van der Waals surface area contributed by atoms with Crippen LogP contribution in [-0.4, -0.2) is 30.9 Å². The lowest BCUT2D eigenvalue weighted by Gasteiger charge is -2.22. The minimum Gasteiger partial charge on any atom is -0.467 e. The zero-order valence-corrected chi connectivity index (χ0v) is 14.9. The van der Waals surface area contributed by atoms with Crippen molar-refractivity contribution in [1.29, 1.82) is 0 Å². The minimum absolute atomic E-state index is 0.101. The number of amides is 2. The molecule has 0 spiro atoms. The van der Waals surface area contributed by atoms with Gasteiger partial charge in [0.05, 0.1) is 24.6 Å². The van der Waals surface area contributed by atoms with E-state index in [1.165, 1.54) is 19.4 Å². The van der Waals surface area contributed by atoms with Crippen LogP contribution in [0.2, 0.25) is 0 Å². The molecule has 0 saturated carbocycles. The second-order valence-corrected chi connectivity index (χ2v) is 5.84. The third kappa shape index (κ3) is 4.50. The Morgan fingerprint density at radius 1 is 1.12 bits per heavy atom. The van der Waals surface area contributed by atoms with Crippen molar-refractivity contribution in [2.24, 2.45) is 5.92 Å². The fraction of sp³-hybridized carbons (Fsp3) is 0.316. The Balaban J connectivity index is 2.20. The molecule has 0 aliphatic heterocycles. The number of nitrogens with one attached hydrogen (secondary N) is 2. The van der Waals surface area contributed by atoms with E-state index in [4.69, 9.17) is 9.15 Å². The lowest BCUT2D eigenvalue weighted by Crippen LogP contribution is -2.45. The van der Waals surface area contributed by atoms with Crippen molar-refractivity contribution in [3.8, 4) is 0 Å². The molecule has 2 aromatic rings. The number of hydrogen-bond donors (Lipinski definition) is 2. The van der Waals surface area contributed by atoms with E-state index in [1.54, 1.807) is 30.3 Å². The first-order valence-electron chi connectivity index (χ1n) is 8.30. The van der Waals surface area contributed by atoms with Crippen molar-refractivity contribution in [2.45, 2.75) is 26.3 Å². The number of furan rings is 1. The first kappa shape index (κ1) is 19.2. The summed E-state index contributed by atoms with van der Waals surface area (Å²) in [5, 5.41) is 5.34. The van der Waals surface area contributed by atoms with Gasteiger partial charge in [-0.05, 0) is 30.2 Å². The molecule has 0 radical (unpaired) electrons. The smallest absolute Gasteiger partial charge is 0.328 e. The highest BCUT2D eigenvalue weighted by Crippen LogP contribution is 2.18. The Hall–Kier alpha value is -3.09. The van der Waals surface area contributed by atoms with Crippen LogP contribution >= 0.6 is 0 Å². The quantitative estimate of drug-likeness (QED) is 0.742. The number of esters is 1. The zero-order valence-electron chi connectivity index (χ0n) is 14.9. The van der Waals surface area contributed by atoms with Crippen LogP contribution in [0.4, 0.5) is 5.69 Å². The molecule has 26 heavy (non-hydrogen) atoms. The Morgan fingerprint density at radius 3 is 2.46 bits per heavy atom. The molecule has 1 aromatic carbocycles. The molecule has 0 aliphatic rings. The lowest BCUT2D eigenvalue weighted by molar-refractivity contribution is -0.144. The van der Waals surface area contributed by atoms with Crippen LogP contribution in [0.3, 0.4) is 0 Å². The van der Waals surface area contributed by atoms with Gasteiger partial charge in [-0.3, -0.25) is 9.59 Å². The van der Waals surface area contributed by atoms with Crippen LogP contribution in [0, 0.1) is 5.92 Å². The lowest BCUT2D eigenvalue weighted by atomic mass is 9.98. The Kier molecular flexibility index (Phi) is 6.54. The van der Waals surface area contributed by atoms with Crippen LogP contribution in [-0.2, 0) is 9.53 Å². The normalized spacial score (nSPS) is 12.7. The van der Waals surface area contributed by atoms with Gasteiger partial charge in [0.25, 0.3) is 11.8 Å². The zero-order chi connectivity index (χ0) is 19.1. The van der Waals surface area contributed by atoms with Crippen LogP contribution < -0.4 is 10.6 Å². The standard InChI is InChI=1S/C19H22N2O5/c1-4-12(2)16(19(24)25-3)21-17(22)13-8-5-6-9-14(13)20-18(23)15-10-7-11-26-15/h5-12,16H,4H2,1-3H3,(H,20,23)(H,21,22)/t12-,16+/m1/s1. The maximum atomic E-state index is 12.7. The van der Waals surface area contributed by atoms with Crippen LogP contribution in [0.5, 0.6) is 0 Å². The number of carbonyl (C=O) groups is 3. The molecule has 0 bridgehead atoms. The number of hydrogen-bond acceptors (Lipinski definition) is 5. The van der Waals surface area contributed by atoms with E-state index in [-0.39, 0.29) is 17.2 Å². The molecule has 1 heterocycles. The predicted molar refractivity (Wildman–Crippen MR) is 95.8 cm³/mol. The number of methoxy groups -OCH3 is 1. The predicted octanol–water partition coefficient (Wildman–Crippen LogP) is 2.85. The van der Waals surface area contributed by atoms with Gasteiger partial charge in [-0.15, -0.1) is 0 Å². The number of carbonyl (C=O) groups excluding carboxylic acids is 3. The second-order valence-electron chi connectivity index (χ2n) is 5.84. The molecule has 2 N–H and O–H groups in total. The molecule has 2 atom stereocenters. The van der Waals surface area contributed by atoms with Crippen LogP contribution in [0.1, 0.15) is 41.2 Å². The summed E-state index contributed by atoms with van der Waals surface area (Å²) in [5.41, 5.74) is 0.559. The average molecular weight is 358 g/mol. The van der Waals surface area contributed by atoms with Gasteiger partial charge in [0.2, 0.25) is 0 Å². The van der Waals surface area contributed by atoms with Gasteiger partial charge in [-0.25, -0.2) is 4.79 Å². The molecule has 0 saturated heterocycles. The van der Waals surface area contributed by atoms with Crippen molar-refractivity contribution in [1.82, 2.24) is 5.32 Å². The summed E-state index contributed by atoms with van der Waals surface area (Å²) in [6.07, 6.45) is 2.08. The third-order valence-corrected chi connectivity index (χ3v) is 4.12. The number of benzene rings is 1. The highest BCUT2D eigenvalue weighted by Gasteiger charge is 2.28. The largest absolute Gasteiger partial charge is 0.467 e. The summed E-state index contributed by atoms with van der Waals surface area (Å²) in [4.78, 5) is 36.8. The minimum atomic E-state index is -0.772. The Bertz CT molecular complexity index is 770. The molecule has 138 valence electrons. The van der Waals surface area contributed by atoms with Gasteiger partial charge >= 0.3 is 5.97 Å². The summed E-state index contributed by atoms with van der Waals surface area (Å²) in [7, 11) is 1.28. The Morgan fingerprint density at radius 2 is 1.85 bits per heavy atom. The number of ether oxygens (including phenoxy) is 1. The molecular formula is C19H22N2O5. The van der Waals surface area contributed by atoms with E-state index in [2.05, 4.69) is 10.6 Å². The third-order valence-electron chi connectivity index (χ3n) is 4.12. The van der Waals surface area contributed by atoms with Crippen molar-refractivity contribution in [3.63, 3.8) is 0 Å². The van der Waals surface area contributed by atoms with Gasteiger partial charge in [-0.2, -0.15) is 0 Å². The maximum absolute atomic E-state index is 12.7. The Labute approximate surface area is 151 Å². The molecule has 7 heteroatoms. The number of anilines is 1.